The van der Waals surface area contributed by atoms with Crippen LogP contribution in [0.25, 0.3) is 0 Å². The number of para-hydroxylation sites is 1. The highest BCUT2D eigenvalue weighted by Gasteiger charge is 2.05. The second-order valence-electron chi connectivity index (χ2n) is 3.01. The van der Waals surface area contributed by atoms with Crippen LogP contribution in [0.15, 0.2) is 29.2 Å². The van der Waals surface area contributed by atoms with Gasteiger partial charge >= 0.3 is 0 Å². The van der Waals surface area contributed by atoms with E-state index in [0.717, 1.165) is 10.6 Å². The molecule has 5 heteroatoms. The fourth-order valence-electron chi connectivity index (χ4n) is 1.13. The maximum Gasteiger partial charge on any atom is 0.230 e. The number of carbonyl (C=O) groups is 1. The summed E-state index contributed by atoms with van der Waals surface area (Å²) in [4.78, 5) is 12.2. The number of hydrogen-bond donors (Lipinski definition) is 2. The summed E-state index contributed by atoms with van der Waals surface area (Å²) < 4.78 is 5.17. The summed E-state index contributed by atoms with van der Waals surface area (Å²) in [5.74, 6) is 0.993. The SMILES string of the molecule is COc1ccccc1SCC(=O)NCCO. The lowest BCUT2D eigenvalue weighted by molar-refractivity contribution is -0.118. The van der Waals surface area contributed by atoms with E-state index in [2.05, 4.69) is 5.32 Å². The van der Waals surface area contributed by atoms with Gasteiger partial charge in [-0.05, 0) is 12.1 Å². The molecule has 0 spiro atoms. The van der Waals surface area contributed by atoms with Crippen molar-refractivity contribution in [3.8, 4) is 5.75 Å². The number of benzene rings is 1. The van der Waals surface area contributed by atoms with Gasteiger partial charge in [-0.15, -0.1) is 11.8 Å². The van der Waals surface area contributed by atoms with Crippen molar-refractivity contribution in [2.75, 3.05) is 26.0 Å². The van der Waals surface area contributed by atoms with Gasteiger partial charge in [-0.2, -0.15) is 0 Å². The van der Waals surface area contributed by atoms with Gasteiger partial charge in [-0.1, -0.05) is 12.1 Å². The zero-order valence-electron chi connectivity index (χ0n) is 9.10. The van der Waals surface area contributed by atoms with Crippen molar-refractivity contribution in [1.29, 1.82) is 0 Å². The molecule has 1 aromatic carbocycles. The number of hydrogen-bond acceptors (Lipinski definition) is 4. The second kappa shape index (κ2) is 7.14. The first-order valence-corrected chi connectivity index (χ1v) is 5.90. The molecule has 1 aromatic rings. The molecule has 0 aliphatic heterocycles. The zero-order valence-corrected chi connectivity index (χ0v) is 9.92. The first kappa shape index (κ1) is 12.9. The average molecular weight is 241 g/mol. The minimum Gasteiger partial charge on any atom is -0.496 e. The van der Waals surface area contributed by atoms with Gasteiger partial charge in [0.25, 0.3) is 0 Å². The van der Waals surface area contributed by atoms with Gasteiger partial charge in [-0.3, -0.25) is 4.79 Å². The molecule has 0 heterocycles. The largest absolute Gasteiger partial charge is 0.496 e. The molecule has 88 valence electrons. The molecule has 0 aliphatic carbocycles. The molecular weight excluding hydrogens is 226 g/mol. The number of methoxy groups -OCH3 is 1. The van der Waals surface area contributed by atoms with Gasteiger partial charge in [0, 0.05) is 11.4 Å². The number of thioether (sulfide) groups is 1. The van der Waals surface area contributed by atoms with Gasteiger partial charge in [0.15, 0.2) is 0 Å². The summed E-state index contributed by atoms with van der Waals surface area (Å²) in [5.41, 5.74) is 0. The van der Waals surface area contributed by atoms with Gasteiger partial charge < -0.3 is 15.2 Å². The summed E-state index contributed by atoms with van der Waals surface area (Å²) in [5, 5.41) is 11.1. The highest BCUT2D eigenvalue weighted by atomic mass is 32.2. The van der Waals surface area contributed by atoms with E-state index >= 15 is 0 Å². The number of nitrogens with one attached hydrogen (secondary N) is 1. The zero-order chi connectivity index (χ0) is 11.8. The lowest BCUT2D eigenvalue weighted by Gasteiger charge is -2.07. The number of amides is 1. The van der Waals surface area contributed by atoms with E-state index in [1.54, 1.807) is 7.11 Å². The molecule has 0 atom stereocenters. The van der Waals surface area contributed by atoms with Crippen LogP contribution < -0.4 is 10.1 Å². The molecule has 1 rings (SSSR count). The Hall–Kier alpha value is -1.20. The number of carbonyl (C=O) groups excluding carboxylic acids is 1. The monoisotopic (exact) mass is 241 g/mol. The Bertz CT molecular complexity index is 344. The van der Waals surface area contributed by atoms with Crippen molar-refractivity contribution in [2.24, 2.45) is 0 Å². The van der Waals surface area contributed by atoms with E-state index in [4.69, 9.17) is 9.84 Å². The quantitative estimate of drug-likeness (QED) is 0.726. The highest BCUT2D eigenvalue weighted by molar-refractivity contribution is 8.00. The fourth-order valence-corrected chi connectivity index (χ4v) is 1.98. The molecule has 16 heavy (non-hydrogen) atoms. The average Bonchev–Trinajstić information content (AvgIpc) is 2.34. The van der Waals surface area contributed by atoms with Crippen LogP contribution in [0, 0.1) is 0 Å². The third-order valence-corrected chi connectivity index (χ3v) is 2.92. The Morgan fingerprint density at radius 2 is 2.25 bits per heavy atom. The predicted octanol–water partition coefficient (Wildman–Crippen LogP) is 0.896. The van der Waals surface area contributed by atoms with Crippen molar-refractivity contribution < 1.29 is 14.6 Å². The van der Waals surface area contributed by atoms with Crippen molar-refractivity contribution in [1.82, 2.24) is 5.32 Å². The van der Waals surface area contributed by atoms with E-state index in [1.165, 1.54) is 11.8 Å². The van der Waals surface area contributed by atoms with Crippen LogP contribution in [0.3, 0.4) is 0 Å². The lowest BCUT2D eigenvalue weighted by atomic mass is 10.3. The fraction of sp³-hybridized carbons (Fsp3) is 0.364. The van der Waals surface area contributed by atoms with Crippen LogP contribution in [0.4, 0.5) is 0 Å². The molecule has 0 aliphatic rings. The summed E-state index contributed by atoms with van der Waals surface area (Å²) in [6.45, 7) is 0.260. The Morgan fingerprint density at radius 3 is 2.94 bits per heavy atom. The van der Waals surface area contributed by atoms with Crippen LogP contribution in [-0.4, -0.2) is 37.0 Å². The number of ether oxygens (including phenoxy) is 1. The van der Waals surface area contributed by atoms with E-state index in [9.17, 15) is 4.79 Å². The highest BCUT2D eigenvalue weighted by Crippen LogP contribution is 2.28. The summed E-state index contributed by atoms with van der Waals surface area (Å²) in [6.07, 6.45) is 0. The topological polar surface area (TPSA) is 58.6 Å². The molecule has 0 unspecified atom stereocenters. The lowest BCUT2D eigenvalue weighted by Crippen LogP contribution is -2.27. The molecule has 0 aromatic heterocycles. The van der Waals surface area contributed by atoms with Crippen molar-refractivity contribution in [3.63, 3.8) is 0 Å². The van der Waals surface area contributed by atoms with E-state index in [-0.39, 0.29) is 12.5 Å². The van der Waals surface area contributed by atoms with Crippen LogP contribution in [0.1, 0.15) is 0 Å². The van der Waals surface area contributed by atoms with Crippen molar-refractivity contribution >= 4 is 17.7 Å². The Labute approximate surface area is 99.0 Å². The summed E-state index contributed by atoms with van der Waals surface area (Å²) in [7, 11) is 1.60. The van der Waals surface area contributed by atoms with Crippen LogP contribution in [0.2, 0.25) is 0 Å². The van der Waals surface area contributed by atoms with Crippen molar-refractivity contribution in [3.05, 3.63) is 24.3 Å². The van der Waals surface area contributed by atoms with E-state index < -0.39 is 0 Å². The predicted molar refractivity (Wildman–Crippen MR) is 63.8 cm³/mol. The van der Waals surface area contributed by atoms with Gasteiger partial charge in [-0.25, -0.2) is 0 Å². The minimum atomic E-state index is -0.0926. The van der Waals surface area contributed by atoms with Gasteiger partial charge in [0.2, 0.25) is 5.91 Å². The summed E-state index contributed by atoms with van der Waals surface area (Å²) >= 11 is 1.41. The smallest absolute Gasteiger partial charge is 0.230 e. The van der Waals surface area contributed by atoms with Gasteiger partial charge in [0.1, 0.15) is 5.75 Å². The standard InChI is InChI=1S/C11H15NO3S/c1-15-9-4-2-3-5-10(9)16-8-11(14)12-6-7-13/h2-5,13H,6-8H2,1H3,(H,12,14). The number of aliphatic hydroxyl groups excluding tert-OH is 1. The normalized spacial score (nSPS) is 9.88. The molecular formula is C11H15NO3S. The molecule has 0 saturated carbocycles. The van der Waals surface area contributed by atoms with Gasteiger partial charge in [0.05, 0.1) is 19.5 Å². The third kappa shape index (κ3) is 4.12. The molecule has 0 saturated heterocycles. The number of rotatable bonds is 6. The maximum absolute atomic E-state index is 11.3. The Balaban J connectivity index is 2.44. The molecule has 0 radical (unpaired) electrons. The number of aliphatic hydroxyl groups is 1. The molecule has 4 nitrogen and oxygen atoms in total. The molecule has 0 bridgehead atoms. The first-order valence-electron chi connectivity index (χ1n) is 4.91. The molecule has 1 amide bonds. The Morgan fingerprint density at radius 1 is 1.50 bits per heavy atom. The Kier molecular flexibility index (Phi) is 5.74. The van der Waals surface area contributed by atoms with Crippen LogP contribution in [0.5, 0.6) is 5.75 Å². The molecule has 0 fully saturated rings. The molecule has 2 N–H and O–H groups in total. The van der Waals surface area contributed by atoms with E-state index in [0.29, 0.717) is 12.3 Å². The third-order valence-electron chi connectivity index (χ3n) is 1.86. The van der Waals surface area contributed by atoms with E-state index in [1.807, 2.05) is 24.3 Å². The van der Waals surface area contributed by atoms with Crippen molar-refractivity contribution in [2.45, 2.75) is 4.90 Å². The minimum absolute atomic E-state index is 0.0366. The second-order valence-corrected chi connectivity index (χ2v) is 4.03. The summed E-state index contributed by atoms with van der Waals surface area (Å²) in [6, 6.07) is 7.54. The maximum atomic E-state index is 11.3. The first-order chi connectivity index (χ1) is 7.77. The van der Waals surface area contributed by atoms with Crippen LogP contribution in [-0.2, 0) is 4.79 Å². The van der Waals surface area contributed by atoms with Crippen LogP contribution >= 0.6 is 11.8 Å².